The van der Waals surface area contributed by atoms with Crippen molar-refractivity contribution in [2.24, 2.45) is 0 Å². The second kappa shape index (κ2) is 6.70. The Kier molecular flexibility index (Phi) is 6.36. The van der Waals surface area contributed by atoms with E-state index in [1.165, 1.54) is 0 Å². The Hall–Kier alpha value is -0.710. The fourth-order valence-corrected chi connectivity index (χ4v) is 1.02. The number of carbonyl (C=O) groups is 2. The summed E-state index contributed by atoms with van der Waals surface area (Å²) < 4.78 is 23.9. The SMILES string of the molecule is CCN(CCC(=O)CCl)C(=O)C(F)F. The lowest BCUT2D eigenvalue weighted by Crippen LogP contribution is -2.37. The first-order valence-corrected chi connectivity index (χ1v) is 4.71. The van der Waals surface area contributed by atoms with E-state index in [9.17, 15) is 18.4 Å². The van der Waals surface area contributed by atoms with Crippen LogP contribution in [0.2, 0.25) is 0 Å². The quantitative estimate of drug-likeness (QED) is 0.642. The largest absolute Gasteiger partial charge is 0.338 e. The van der Waals surface area contributed by atoms with Gasteiger partial charge in [0.25, 0.3) is 5.91 Å². The highest BCUT2D eigenvalue weighted by Gasteiger charge is 2.21. The molecule has 0 aromatic carbocycles. The Bertz CT molecular complexity index is 212. The summed E-state index contributed by atoms with van der Waals surface area (Å²) in [6.07, 6.45) is -2.99. The number of hydrogen-bond acceptors (Lipinski definition) is 2. The summed E-state index contributed by atoms with van der Waals surface area (Å²) >= 11 is 5.22. The van der Waals surface area contributed by atoms with Gasteiger partial charge in [-0.15, -0.1) is 11.6 Å². The molecule has 0 rings (SSSR count). The standard InChI is InChI=1S/C8H12ClF2NO2/c1-2-12(8(14)7(10)11)4-3-6(13)5-9/h7H,2-5H2,1H3. The molecule has 0 aromatic heterocycles. The lowest BCUT2D eigenvalue weighted by atomic mass is 10.3. The highest BCUT2D eigenvalue weighted by atomic mass is 35.5. The molecule has 0 spiro atoms. The van der Waals surface area contributed by atoms with Crippen LogP contribution in [-0.4, -0.2) is 42.0 Å². The van der Waals surface area contributed by atoms with Crippen LogP contribution in [0, 0.1) is 0 Å². The van der Waals surface area contributed by atoms with Gasteiger partial charge in [-0.1, -0.05) is 0 Å². The topological polar surface area (TPSA) is 37.4 Å². The zero-order valence-corrected chi connectivity index (χ0v) is 8.56. The molecular formula is C8H12ClF2NO2. The summed E-state index contributed by atoms with van der Waals surface area (Å²) in [5.41, 5.74) is 0. The van der Waals surface area contributed by atoms with Gasteiger partial charge < -0.3 is 4.90 Å². The zero-order chi connectivity index (χ0) is 11.1. The third kappa shape index (κ3) is 4.50. The van der Waals surface area contributed by atoms with Gasteiger partial charge in [-0.05, 0) is 6.92 Å². The number of Topliss-reactive ketones (excluding diaryl/α,β-unsaturated/α-hetero) is 1. The van der Waals surface area contributed by atoms with Crippen LogP contribution >= 0.6 is 11.6 Å². The molecule has 0 radical (unpaired) electrons. The Balaban J connectivity index is 4.03. The monoisotopic (exact) mass is 227 g/mol. The lowest BCUT2D eigenvalue weighted by Gasteiger charge is -2.19. The van der Waals surface area contributed by atoms with E-state index < -0.39 is 12.3 Å². The molecule has 0 bridgehead atoms. The van der Waals surface area contributed by atoms with Gasteiger partial charge >= 0.3 is 6.43 Å². The maximum atomic E-state index is 12.0. The molecule has 0 saturated heterocycles. The zero-order valence-electron chi connectivity index (χ0n) is 7.80. The van der Waals surface area contributed by atoms with Gasteiger partial charge in [-0.25, -0.2) is 0 Å². The van der Waals surface area contributed by atoms with E-state index in [4.69, 9.17) is 11.6 Å². The fraction of sp³-hybridized carbons (Fsp3) is 0.750. The van der Waals surface area contributed by atoms with Crippen molar-refractivity contribution in [2.75, 3.05) is 19.0 Å². The van der Waals surface area contributed by atoms with Crippen LogP contribution < -0.4 is 0 Å². The van der Waals surface area contributed by atoms with Crippen molar-refractivity contribution in [1.29, 1.82) is 0 Å². The molecule has 3 nitrogen and oxygen atoms in total. The van der Waals surface area contributed by atoms with Gasteiger partial charge in [0, 0.05) is 19.5 Å². The van der Waals surface area contributed by atoms with Crippen molar-refractivity contribution in [2.45, 2.75) is 19.8 Å². The van der Waals surface area contributed by atoms with Crippen LogP contribution in [0.3, 0.4) is 0 Å². The molecule has 82 valence electrons. The van der Waals surface area contributed by atoms with Gasteiger partial charge in [-0.3, -0.25) is 9.59 Å². The minimum absolute atomic E-state index is 0.00519. The number of hydrogen-bond donors (Lipinski definition) is 0. The first-order chi connectivity index (χ1) is 6.52. The van der Waals surface area contributed by atoms with Crippen LogP contribution in [0.5, 0.6) is 0 Å². The molecule has 0 N–H and O–H groups in total. The van der Waals surface area contributed by atoms with Crippen molar-refractivity contribution in [1.82, 2.24) is 4.90 Å². The van der Waals surface area contributed by atoms with E-state index in [1.54, 1.807) is 6.92 Å². The number of carbonyl (C=O) groups excluding carboxylic acids is 2. The summed E-state index contributed by atoms with van der Waals surface area (Å²) in [5, 5.41) is 0. The van der Waals surface area contributed by atoms with Crippen molar-refractivity contribution in [3.63, 3.8) is 0 Å². The van der Waals surface area contributed by atoms with Crippen LogP contribution in [-0.2, 0) is 9.59 Å². The molecular weight excluding hydrogens is 216 g/mol. The van der Waals surface area contributed by atoms with Crippen LogP contribution in [0.15, 0.2) is 0 Å². The molecule has 0 aliphatic rings. The Morgan fingerprint density at radius 1 is 1.43 bits per heavy atom. The molecule has 14 heavy (non-hydrogen) atoms. The maximum Gasteiger partial charge on any atom is 0.315 e. The van der Waals surface area contributed by atoms with Gasteiger partial charge in [0.1, 0.15) is 5.78 Å². The third-order valence-electron chi connectivity index (χ3n) is 1.69. The van der Waals surface area contributed by atoms with Crippen molar-refractivity contribution < 1.29 is 18.4 Å². The van der Waals surface area contributed by atoms with E-state index in [-0.39, 0.29) is 31.2 Å². The Labute approximate surface area is 86.0 Å². The second-order valence-corrected chi connectivity index (χ2v) is 2.91. The number of nitrogens with zero attached hydrogens (tertiary/aromatic N) is 1. The van der Waals surface area contributed by atoms with Gasteiger partial charge in [0.2, 0.25) is 0 Å². The van der Waals surface area contributed by atoms with E-state index in [1.807, 2.05) is 0 Å². The number of halogens is 3. The molecule has 0 unspecified atom stereocenters. The molecule has 1 amide bonds. The smallest absolute Gasteiger partial charge is 0.315 e. The third-order valence-corrected chi connectivity index (χ3v) is 1.99. The molecule has 0 aliphatic carbocycles. The number of alkyl halides is 3. The Morgan fingerprint density at radius 3 is 2.36 bits per heavy atom. The van der Waals surface area contributed by atoms with E-state index in [0.717, 1.165) is 4.90 Å². The molecule has 0 aliphatic heterocycles. The summed E-state index contributed by atoms with van der Waals surface area (Å²) in [4.78, 5) is 22.5. The molecule has 0 saturated carbocycles. The minimum Gasteiger partial charge on any atom is -0.338 e. The van der Waals surface area contributed by atoms with Crippen LogP contribution in [0.1, 0.15) is 13.3 Å². The Morgan fingerprint density at radius 2 is 2.00 bits per heavy atom. The molecule has 6 heteroatoms. The average molecular weight is 228 g/mol. The highest BCUT2D eigenvalue weighted by molar-refractivity contribution is 6.27. The van der Waals surface area contributed by atoms with E-state index in [2.05, 4.69) is 0 Å². The minimum atomic E-state index is -3.01. The number of ketones is 1. The second-order valence-electron chi connectivity index (χ2n) is 2.64. The average Bonchev–Trinajstić information content (AvgIpc) is 2.17. The molecule has 0 heterocycles. The van der Waals surface area contributed by atoms with Crippen molar-refractivity contribution in [3.05, 3.63) is 0 Å². The number of amides is 1. The fourth-order valence-electron chi connectivity index (χ4n) is 0.889. The predicted molar refractivity (Wildman–Crippen MR) is 48.6 cm³/mol. The first kappa shape index (κ1) is 13.3. The molecule has 0 aromatic rings. The van der Waals surface area contributed by atoms with Crippen molar-refractivity contribution >= 4 is 23.3 Å². The molecule has 0 fully saturated rings. The normalized spacial score (nSPS) is 10.4. The summed E-state index contributed by atoms with van der Waals surface area (Å²) in [6.45, 7) is 1.75. The van der Waals surface area contributed by atoms with Gasteiger partial charge in [-0.2, -0.15) is 8.78 Å². The van der Waals surface area contributed by atoms with Crippen LogP contribution in [0.25, 0.3) is 0 Å². The maximum absolute atomic E-state index is 12.0. The summed E-state index contributed by atoms with van der Waals surface area (Å²) in [5.74, 6) is -1.65. The predicted octanol–water partition coefficient (Wildman–Crippen LogP) is 1.30. The molecule has 0 atom stereocenters. The van der Waals surface area contributed by atoms with E-state index >= 15 is 0 Å². The highest BCUT2D eigenvalue weighted by Crippen LogP contribution is 2.02. The number of rotatable bonds is 6. The summed E-state index contributed by atoms with van der Waals surface area (Å²) in [6, 6.07) is 0. The lowest BCUT2D eigenvalue weighted by molar-refractivity contribution is -0.142. The first-order valence-electron chi connectivity index (χ1n) is 4.17. The van der Waals surface area contributed by atoms with Crippen molar-refractivity contribution in [3.8, 4) is 0 Å². The van der Waals surface area contributed by atoms with Gasteiger partial charge in [0.15, 0.2) is 0 Å². The summed E-state index contributed by atoms with van der Waals surface area (Å²) in [7, 11) is 0. The van der Waals surface area contributed by atoms with E-state index in [0.29, 0.717) is 0 Å². The van der Waals surface area contributed by atoms with Gasteiger partial charge in [0.05, 0.1) is 5.88 Å². The van der Waals surface area contributed by atoms with Crippen LogP contribution in [0.4, 0.5) is 8.78 Å².